The van der Waals surface area contributed by atoms with E-state index in [0.29, 0.717) is 11.3 Å². The van der Waals surface area contributed by atoms with E-state index in [1.807, 2.05) is 19.1 Å². The Morgan fingerprint density at radius 3 is 2.36 bits per heavy atom. The number of para-hydroxylation sites is 1. The Morgan fingerprint density at radius 2 is 1.72 bits per heavy atom. The average Bonchev–Trinajstić information content (AvgIpc) is 3.33. The maximum atomic E-state index is 14.4. The first kappa shape index (κ1) is 27.6. The van der Waals surface area contributed by atoms with E-state index in [1.165, 1.54) is 15.3 Å². The van der Waals surface area contributed by atoms with Gasteiger partial charge in [0.2, 0.25) is 21.8 Å². The Labute approximate surface area is 213 Å². The van der Waals surface area contributed by atoms with Gasteiger partial charge < -0.3 is 10.2 Å². The quantitative estimate of drug-likeness (QED) is 0.485. The van der Waals surface area contributed by atoms with Crippen molar-refractivity contribution in [1.29, 1.82) is 0 Å². The number of sulfonamides is 1. The van der Waals surface area contributed by atoms with Crippen LogP contribution in [0.25, 0.3) is 0 Å². The molecule has 3 rings (SSSR count). The van der Waals surface area contributed by atoms with Crippen molar-refractivity contribution in [2.45, 2.75) is 71.0 Å². The topological polar surface area (TPSA) is 86.8 Å². The van der Waals surface area contributed by atoms with E-state index in [9.17, 15) is 22.4 Å². The number of hydrogen-bond acceptors (Lipinski definition) is 4. The highest BCUT2D eigenvalue weighted by atomic mass is 32.2. The second kappa shape index (κ2) is 12.3. The van der Waals surface area contributed by atoms with Gasteiger partial charge in [-0.25, -0.2) is 12.8 Å². The van der Waals surface area contributed by atoms with Crippen LogP contribution in [0.15, 0.2) is 48.5 Å². The fourth-order valence-electron chi connectivity index (χ4n) is 4.61. The molecule has 0 aliphatic heterocycles. The van der Waals surface area contributed by atoms with Crippen molar-refractivity contribution in [3.05, 3.63) is 65.5 Å². The largest absolute Gasteiger partial charge is 0.352 e. The van der Waals surface area contributed by atoms with Crippen molar-refractivity contribution in [2.24, 2.45) is 0 Å². The minimum absolute atomic E-state index is 0.0212. The number of anilines is 1. The Hall–Kier alpha value is -2.94. The Kier molecular flexibility index (Phi) is 9.48. The van der Waals surface area contributed by atoms with Crippen LogP contribution in [0.5, 0.6) is 0 Å². The third-order valence-corrected chi connectivity index (χ3v) is 7.88. The summed E-state index contributed by atoms with van der Waals surface area (Å²) < 4.78 is 40.6. The summed E-state index contributed by atoms with van der Waals surface area (Å²) in [5.41, 5.74) is 1.71. The molecule has 0 aromatic heterocycles. The van der Waals surface area contributed by atoms with Gasteiger partial charge in [-0.2, -0.15) is 0 Å². The number of carbonyl (C=O) groups is 2. The van der Waals surface area contributed by atoms with Crippen LogP contribution in [-0.2, 0) is 26.2 Å². The number of aryl methyl sites for hydroxylation is 1. The van der Waals surface area contributed by atoms with E-state index in [4.69, 9.17) is 0 Å². The van der Waals surface area contributed by atoms with E-state index in [-0.39, 0.29) is 43.8 Å². The van der Waals surface area contributed by atoms with E-state index >= 15 is 0 Å². The summed E-state index contributed by atoms with van der Waals surface area (Å²) in [7, 11) is -3.56. The number of halogens is 1. The predicted octanol–water partition coefficient (Wildman–Crippen LogP) is 4.16. The SMILES string of the molecule is Cc1ccccc1N(CCCC(=O)N(Cc1ccccc1F)C(C)C(=O)NC1CCCC1)S(C)(=O)=O. The molecule has 1 saturated carbocycles. The van der Waals surface area contributed by atoms with Gasteiger partial charge in [-0.05, 0) is 50.8 Å². The molecule has 7 nitrogen and oxygen atoms in total. The molecule has 36 heavy (non-hydrogen) atoms. The molecule has 196 valence electrons. The molecule has 0 bridgehead atoms. The van der Waals surface area contributed by atoms with Crippen LogP contribution >= 0.6 is 0 Å². The second-order valence-corrected chi connectivity index (χ2v) is 11.4. The zero-order chi connectivity index (χ0) is 26.3. The molecule has 2 aromatic carbocycles. The summed E-state index contributed by atoms with van der Waals surface area (Å²) >= 11 is 0. The second-order valence-electron chi connectivity index (χ2n) is 9.50. The van der Waals surface area contributed by atoms with E-state index in [1.54, 1.807) is 37.3 Å². The van der Waals surface area contributed by atoms with Gasteiger partial charge in [0, 0.05) is 31.1 Å². The van der Waals surface area contributed by atoms with Crippen molar-refractivity contribution in [2.75, 3.05) is 17.1 Å². The first-order valence-corrected chi connectivity index (χ1v) is 14.3. The van der Waals surface area contributed by atoms with Crippen LogP contribution in [0, 0.1) is 12.7 Å². The van der Waals surface area contributed by atoms with E-state index in [2.05, 4.69) is 5.32 Å². The molecule has 2 aromatic rings. The number of carbonyl (C=O) groups excluding carboxylic acids is 2. The number of amides is 2. The number of nitrogens with zero attached hydrogens (tertiary/aromatic N) is 2. The molecule has 0 radical (unpaired) electrons. The van der Waals surface area contributed by atoms with Crippen molar-refractivity contribution < 1.29 is 22.4 Å². The van der Waals surface area contributed by atoms with Crippen molar-refractivity contribution >= 4 is 27.5 Å². The summed E-state index contributed by atoms with van der Waals surface area (Å²) in [4.78, 5) is 27.7. The van der Waals surface area contributed by atoms with Gasteiger partial charge in [0.1, 0.15) is 11.9 Å². The molecular formula is C27H36FN3O4S. The first-order valence-electron chi connectivity index (χ1n) is 12.4. The number of rotatable bonds is 11. The third kappa shape index (κ3) is 7.29. The fourth-order valence-corrected chi connectivity index (χ4v) is 5.63. The van der Waals surface area contributed by atoms with Crippen LogP contribution in [0.1, 0.15) is 56.6 Å². The highest BCUT2D eigenvalue weighted by Gasteiger charge is 2.29. The molecule has 1 unspecified atom stereocenters. The predicted molar refractivity (Wildman–Crippen MR) is 139 cm³/mol. The summed E-state index contributed by atoms with van der Waals surface area (Å²) in [5.74, 6) is -1.03. The smallest absolute Gasteiger partial charge is 0.242 e. The van der Waals surface area contributed by atoms with Gasteiger partial charge >= 0.3 is 0 Å². The number of nitrogens with one attached hydrogen (secondary N) is 1. The number of hydrogen-bond donors (Lipinski definition) is 1. The monoisotopic (exact) mass is 517 g/mol. The Bertz CT molecular complexity index is 1170. The molecular weight excluding hydrogens is 481 g/mol. The lowest BCUT2D eigenvalue weighted by atomic mass is 10.1. The van der Waals surface area contributed by atoms with Gasteiger partial charge in [-0.15, -0.1) is 0 Å². The van der Waals surface area contributed by atoms with Crippen molar-refractivity contribution in [1.82, 2.24) is 10.2 Å². The van der Waals surface area contributed by atoms with Gasteiger partial charge in [-0.3, -0.25) is 13.9 Å². The minimum atomic E-state index is -3.56. The van der Waals surface area contributed by atoms with E-state index in [0.717, 1.165) is 37.5 Å². The molecule has 0 saturated heterocycles. The maximum Gasteiger partial charge on any atom is 0.242 e. The summed E-state index contributed by atoms with van der Waals surface area (Å²) in [5, 5.41) is 3.02. The van der Waals surface area contributed by atoms with Crippen LogP contribution < -0.4 is 9.62 Å². The van der Waals surface area contributed by atoms with Gasteiger partial charge in [0.05, 0.1) is 11.9 Å². The van der Waals surface area contributed by atoms with Crippen LogP contribution in [-0.4, -0.2) is 50.0 Å². The Balaban J connectivity index is 1.73. The molecule has 1 aliphatic rings. The van der Waals surface area contributed by atoms with Crippen molar-refractivity contribution in [3.63, 3.8) is 0 Å². The normalized spacial score (nSPS) is 14.9. The molecule has 0 heterocycles. The summed E-state index contributed by atoms with van der Waals surface area (Å²) in [6, 6.07) is 12.7. The average molecular weight is 518 g/mol. The molecule has 1 aliphatic carbocycles. The highest BCUT2D eigenvalue weighted by molar-refractivity contribution is 7.92. The molecule has 0 spiro atoms. The van der Waals surface area contributed by atoms with E-state index < -0.39 is 21.9 Å². The first-order chi connectivity index (χ1) is 17.1. The van der Waals surface area contributed by atoms with Crippen LogP contribution in [0.4, 0.5) is 10.1 Å². The zero-order valence-electron chi connectivity index (χ0n) is 21.2. The highest BCUT2D eigenvalue weighted by Crippen LogP contribution is 2.23. The standard InChI is InChI=1S/C27H36FN3O4S/c1-20-11-4-9-16-25(20)31(36(3,34)35)18-10-17-26(32)30(19-22-12-5-8-15-24(22)28)21(2)27(33)29-23-13-6-7-14-23/h4-5,8-9,11-12,15-16,21,23H,6-7,10,13-14,17-19H2,1-3H3,(H,29,33). The lowest BCUT2D eigenvalue weighted by molar-refractivity contribution is -0.141. The Morgan fingerprint density at radius 1 is 1.08 bits per heavy atom. The molecule has 1 fully saturated rings. The lowest BCUT2D eigenvalue weighted by Gasteiger charge is -2.30. The summed E-state index contributed by atoms with van der Waals surface area (Å²) in [6.07, 6.45) is 5.38. The lowest BCUT2D eigenvalue weighted by Crippen LogP contribution is -2.49. The summed E-state index contributed by atoms with van der Waals surface area (Å²) in [6.45, 7) is 3.56. The molecule has 2 amide bonds. The molecule has 9 heteroatoms. The minimum Gasteiger partial charge on any atom is -0.352 e. The van der Waals surface area contributed by atoms with Gasteiger partial charge in [0.25, 0.3) is 0 Å². The van der Waals surface area contributed by atoms with Crippen LogP contribution in [0.2, 0.25) is 0 Å². The molecule has 1 atom stereocenters. The fraction of sp³-hybridized carbons (Fsp3) is 0.481. The zero-order valence-corrected chi connectivity index (χ0v) is 22.1. The maximum absolute atomic E-state index is 14.4. The van der Waals surface area contributed by atoms with Crippen molar-refractivity contribution in [3.8, 4) is 0 Å². The van der Waals surface area contributed by atoms with Gasteiger partial charge in [0.15, 0.2) is 0 Å². The van der Waals surface area contributed by atoms with Crippen LogP contribution in [0.3, 0.4) is 0 Å². The number of benzene rings is 2. The molecule has 1 N–H and O–H groups in total. The third-order valence-electron chi connectivity index (χ3n) is 6.70. The van der Waals surface area contributed by atoms with Gasteiger partial charge in [-0.1, -0.05) is 49.2 Å².